The van der Waals surface area contributed by atoms with E-state index in [4.69, 9.17) is 11.5 Å². The summed E-state index contributed by atoms with van der Waals surface area (Å²) in [6.07, 6.45) is 1.93. The minimum atomic E-state index is -0.949. The van der Waals surface area contributed by atoms with Crippen molar-refractivity contribution < 1.29 is 9.90 Å². The second-order valence-corrected chi connectivity index (χ2v) is 4.57. The topological polar surface area (TPSA) is 89.3 Å². The third-order valence-electron chi connectivity index (χ3n) is 2.85. The third-order valence-corrected chi connectivity index (χ3v) is 2.85. The Morgan fingerprint density at radius 1 is 1.05 bits per heavy atom. The van der Waals surface area contributed by atoms with Crippen LogP contribution in [-0.2, 0) is 11.2 Å². The molecule has 2 rings (SSSR count). The highest BCUT2D eigenvalue weighted by Crippen LogP contribution is 2.18. The molecule has 0 amide bonds. The Hall–Kier alpha value is -2.75. The number of carboxylic acids is 1. The quantitative estimate of drug-likeness (QED) is 0.587. The zero-order valence-corrected chi connectivity index (χ0v) is 10.9. The van der Waals surface area contributed by atoms with Gasteiger partial charge < -0.3 is 16.6 Å². The Labute approximate surface area is 117 Å². The number of carboxylic acid groups (broad SMARTS) is 1. The first-order chi connectivity index (χ1) is 9.54. The first-order valence-electron chi connectivity index (χ1n) is 6.18. The lowest BCUT2D eigenvalue weighted by molar-refractivity contribution is -0.132. The maximum Gasteiger partial charge on any atom is 0.331 e. The van der Waals surface area contributed by atoms with Crippen molar-refractivity contribution in [2.24, 2.45) is 0 Å². The summed E-state index contributed by atoms with van der Waals surface area (Å²) in [7, 11) is 0. The molecule has 0 spiro atoms. The molecule has 5 N–H and O–H groups in total. The largest absolute Gasteiger partial charge is 0.478 e. The minimum Gasteiger partial charge on any atom is -0.478 e. The van der Waals surface area contributed by atoms with E-state index in [1.54, 1.807) is 24.3 Å². The van der Waals surface area contributed by atoms with Crippen molar-refractivity contribution in [1.29, 1.82) is 0 Å². The molecule has 0 aliphatic carbocycles. The van der Waals surface area contributed by atoms with E-state index in [0.29, 0.717) is 16.9 Å². The molecule has 0 fully saturated rings. The second-order valence-electron chi connectivity index (χ2n) is 4.57. The van der Waals surface area contributed by atoms with E-state index in [0.717, 1.165) is 11.1 Å². The third kappa shape index (κ3) is 3.62. The number of carbonyl (C=O) groups is 1. The van der Waals surface area contributed by atoms with Crippen LogP contribution in [0.5, 0.6) is 0 Å². The average molecular weight is 268 g/mol. The number of benzene rings is 2. The zero-order chi connectivity index (χ0) is 14.5. The Bertz CT molecular complexity index is 629. The molecule has 0 heterocycles. The van der Waals surface area contributed by atoms with Gasteiger partial charge in [0.15, 0.2) is 0 Å². The van der Waals surface area contributed by atoms with Crippen LogP contribution in [0.2, 0.25) is 0 Å². The van der Waals surface area contributed by atoms with Gasteiger partial charge >= 0.3 is 5.97 Å². The molecular formula is C16H16N2O2. The fourth-order valence-corrected chi connectivity index (χ4v) is 2.01. The number of rotatable bonds is 4. The van der Waals surface area contributed by atoms with Gasteiger partial charge in [-0.25, -0.2) is 4.79 Å². The van der Waals surface area contributed by atoms with Gasteiger partial charge in [-0.05, 0) is 35.4 Å². The van der Waals surface area contributed by atoms with Crippen molar-refractivity contribution in [3.63, 3.8) is 0 Å². The van der Waals surface area contributed by atoms with Gasteiger partial charge in [-0.3, -0.25) is 0 Å². The normalized spacial score (nSPS) is 11.3. The molecule has 0 bridgehead atoms. The first kappa shape index (κ1) is 13.7. The Balaban J connectivity index is 2.31. The molecule has 0 aromatic heterocycles. The number of aliphatic carboxylic acids is 1. The van der Waals surface area contributed by atoms with Gasteiger partial charge in [0, 0.05) is 23.4 Å². The molecule has 0 saturated heterocycles. The van der Waals surface area contributed by atoms with E-state index in [1.807, 2.05) is 30.3 Å². The van der Waals surface area contributed by atoms with E-state index < -0.39 is 5.97 Å². The molecule has 2 aromatic rings. The Morgan fingerprint density at radius 3 is 2.20 bits per heavy atom. The molecule has 0 saturated carbocycles. The maximum atomic E-state index is 11.3. The van der Waals surface area contributed by atoms with Gasteiger partial charge in [0.25, 0.3) is 0 Å². The zero-order valence-electron chi connectivity index (χ0n) is 10.9. The second kappa shape index (κ2) is 5.93. The molecule has 0 aliphatic rings. The Morgan fingerprint density at radius 2 is 1.65 bits per heavy atom. The van der Waals surface area contributed by atoms with Gasteiger partial charge in [-0.2, -0.15) is 0 Å². The number of nitrogens with two attached hydrogens (primary N) is 2. The van der Waals surface area contributed by atoms with E-state index in [1.165, 1.54) is 0 Å². The van der Waals surface area contributed by atoms with Crippen LogP contribution in [0.25, 0.3) is 6.08 Å². The molecule has 0 aliphatic heterocycles. The lowest BCUT2D eigenvalue weighted by Crippen LogP contribution is -2.05. The lowest BCUT2D eigenvalue weighted by atomic mass is 10.0. The van der Waals surface area contributed by atoms with Crippen LogP contribution < -0.4 is 11.5 Å². The van der Waals surface area contributed by atoms with Crippen molar-refractivity contribution in [3.8, 4) is 0 Å². The number of hydrogen-bond acceptors (Lipinski definition) is 3. The van der Waals surface area contributed by atoms with Crippen LogP contribution in [0.4, 0.5) is 11.4 Å². The minimum absolute atomic E-state index is 0.277. The van der Waals surface area contributed by atoms with Crippen LogP contribution >= 0.6 is 0 Å². The smallest absolute Gasteiger partial charge is 0.331 e. The SMILES string of the molecule is Nc1cc(N)cc(CC(=Cc2ccccc2)C(=O)O)c1. The monoisotopic (exact) mass is 268 g/mol. The molecule has 0 radical (unpaired) electrons. The maximum absolute atomic E-state index is 11.3. The van der Waals surface area contributed by atoms with E-state index in [9.17, 15) is 9.90 Å². The summed E-state index contributed by atoms with van der Waals surface area (Å²) in [5, 5.41) is 9.30. The molecule has 0 atom stereocenters. The summed E-state index contributed by atoms with van der Waals surface area (Å²) in [5.41, 5.74) is 14.4. The van der Waals surface area contributed by atoms with E-state index >= 15 is 0 Å². The van der Waals surface area contributed by atoms with Crippen molar-refractivity contribution in [1.82, 2.24) is 0 Å². The fourth-order valence-electron chi connectivity index (χ4n) is 2.01. The highest BCUT2D eigenvalue weighted by Gasteiger charge is 2.09. The van der Waals surface area contributed by atoms with E-state index in [-0.39, 0.29) is 6.42 Å². The molecule has 0 unspecified atom stereocenters. The predicted octanol–water partition coefficient (Wildman–Crippen LogP) is 2.56. The molecule has 102 valence electrons. The van der Waals surface area contributed by atoms with Crippen LogP contribution in [0.3, 0.4) is 0 Å². The van der Waals surface area contributed by atoms with Crippen LogP contribution in [-0.4, -0.2) is 11.1 Å². The Kier molecular flexibility index (Phi) is 4.05. The fraction of sp³-hybridized carbons (Fsp3) is 0.0625. The standard InChI is InChI=1S/C16H16N2O2/c17-14-8-12(9-15(18)10-14)7-13(16(19)20)6-11-4-2-1-3-5-11/h1-6,8-10H,7,17-18H2,(H,19,20). The van der Waals surface area contributed by atoms with Crippen molar-refractivity contribution in [2.75, 3.05) is 11.5 Å². The molecule has 2 aromatic carbocycles. The summed E-state index contributed by atoms with van der Waals surface area (Å²) >= 11 is 0. The summed E-state index contributed by atoms with van der Waals surface area (Å²) < 4.78 is 0. The number of nitrogen functional groups attached to an aromatic ring is 2. The van der Waals surface area contributed by atoms with Crippen LogP contribution in [0.1, 0.15) is 11.1 Å². The highest BCUT2D eigenvalue weighted by molar-refractivity contribution is 5.92. The molecule has 4 nitrogen and oxygen atoms in total. The average Bonchev–Trinajstić information content (AvgIpc) is 2.38. The van der Waals surface area contributed by atoms with Crippen LogP contribution in [0, 0.1) is 0 Å². The van der Waals surface area contributed by atoms with Crippen LogP contribution in [0.15, 0.2) is 54.1 Å². The molecule has 4 heteroatoms. The first-order valence-corrected chi connectivity index (χ1v) is 6.18. The van der Waals surface area contributed by atoms with E-state index in [2.05, 4.69) is 0 Å². The van der Waals surface area contributed by atoms with Crippen molar-refractivity contribution in [2.45, 2.75) is 6.42 Å². The summed E-state index contributed by atoms with van der Waals surface area (Å²) in [6.45, 7) is 0. The van der Waals surface area contributed by atoms with Crippen molar-refractivity contribution in [3.05, 3.63) is 65.2 Å². The lowest BCUT2D eigenvalue weighted by Gasteiger charge is -2.06. The predicted molar refractivity (Wildman–Crippen MR) is 81.0 cm³/mol. The summed E-state index contributed by atoms with van der Waals surface area (Å²) in [4.78, 5) is 11.3. The summed E-state index contributed by atoms with van der Waals surface area (Å²) in [5.74, 6) is -0.949. The molecule has 20 heavy (non-hydrogen) atoms. The van der Waals surface area contributed by atoms with Gasteiger partial charge in [-0.15, -0.1) is 0 Å². The molecular weight excluding hydrogens is 252 g/mol. The number of anilines is 2. The summed E-state index contributed by atoms with van der Waals surface area (Å²) in [6, 6.07) is 14.4. The number of hydrogen-bond donors (Lipinski definition) is 3. The van der Waals surface area contributed by atoms with Gasteiger partial charge in [0.05, 0.1) is 0 Å². The van der Waals surface area contributed by atoms with Gasteiger partial charge in [0.1, 0.15) is 0 Å². The van der Waals surface area contributed by atoms with Crippen molar-refractivity contribution >= 4 is 23.4 Å². The van der Waals surface area contributed by atoms with Gasteiger partial charge in [0.2, 0.25) is 0 Å². The highest BCUT2D eigenvalue weighted by atomic mass is 16.4. The van der Waals surface area contributed by atoms with Gasteiger partial charge in [-0.1, -0.05) is 30.3 Å².